The van der Waals surface area contributed by atoms with Crippen molar-refractivity contribution in [3.8, 4) is 0 Å². The monoisotopic (exact) mass is 305 g/mol. The van der Waals surface area contributed by atoms with Gasteiger partial charge >= 0.3 is 11.9 Å². The summed E-state index contributed by atoms with van der Waals surface area (Å²) in [6.07, 6.45) is 1.78. The third-order valence-corrected chi connectivity index (χ3v) is 3.62. The van der Waals surface area contributed by atoms with Crippen LogP contribution in [0.1, 0.15) is 36.5 Å². The number of amides is 1. The Morgan fingerprint density at radius 3 is 2.55 bits per heavy atom. The average Bonchev–Trinajstić information content (AvgIpc) is 2.90. The average molecular weight is 305 g/mol. The van der Waals surface area contributed by atoms with Crippen molar-refractivity contribution in [1.82, 2.24) is 0 Å². The van der Waals surface area contributed by atoms with Gasteiger partial charge in [-0.2, -0.15) is 0 Å². The molecular weight excluding hydrogens is 286 g/mol. The molecule has 1 aromatic rings. The summed E-state index contributed by atoms with van der Waals surface area (Å²) in [6, 6.07) is 6.45. The van der Waals surface area contributed by atoms with Crippen molar-refractivity contribution in [2.45, 2.75) is 26.2 Å². The fourth-order valence-corrected chi connectivity index (χ4v) is 2.29. The molecule has 1 N–H and O–H groups in total. The molecule has 0 saturated carbocycles. The Hall–Kier alpha value is -2.37. The number of benzene rings is 1. The van der Waals surface area contributed by atoms with Crippen LogP contribution >= 0.6 is 0 Å². The first-order chi connectivity index (χ1) is 10.5. The molecule has 1 fully saturated rings. The van der Waals surface area contributed by atoms with Crippen molar-refractivity contribution in [3.63, 3.8) is 0 Å². The summed E-state index contributed by atoms with van der Waals surface area (Å²) in [5.41, 5.74) is 1.01. The highest BCUT2D eigenvalue weighted by Gasteiger charge is 2.35. The molecule has 0 radical (unpaired) electrons. The number of ether oxygens (including phenoxy) is 1. The molecule has 0 spiro atoms. The first-order valence-corrected chi connectivity index (χ1v) is 7.33. The molecule has 118 valence electrons. The summed E-state index contributed by atoms with van der Waals surface area (Å²) in [6.45, 7) is 2.57. The van der Waals surface area contributed by atoms with Crippen molar-refractivity contribution in [2.75, 3.05) is 18.1 Å². The van der Waals surface area contributed by atoms with Crippen LogP contribution in [0.5, 0.6) is 0 Å². The second kappa shape index (κ2) is 7.06. The van der Waals surface area contributed by atoms with Crippen LogP contribution in [0.4, 0.5) is 5.69 Å². The van der Waals surface area contributed by atoms with E-state index in [9.17, 15) is 14.4 Å². The van der Waals surface area contributed by atoms with E-state index in [1.165, 1.54) is 4.90 Å². The lowest BCUT2D eigenvalue weighted by Crippen LogP contribution is -2.25. The van der Waals surface area contributed by atoms with Gasteiger partial charge < -0.3 is 14.7 Å². The van der Waals surface area contributed by atoms with Crippen LogP contribution in [0.2, 0.25) is 0 Å². The number of carbonyl (C=O) groups excluding carboxylic acids is 2. The second-order valence-corrected chi connectivity index (χ2v) is 5.28. The lowest BCUT2D eigenvalue weighted by molar-refractivity contribution is -0.141. The Labute approximate surface area is 128 Å². The SMILES string of the molecule is CCCCOC(=O)c1ccc(N2CC(C(=O)O)CC2=O)cc1. The number of aliphatic carboxylic acids is 1. The second-order valence-electron chi connectivity index (χ2n) is 5.28. The highest BCUT2D eigenvalue weighted by atomic mass is 16.5. The van der Waals surface area contributed by atoms with Crippen LogP contribution in [0.25, 0.3) is 0 Å². The maximum absolute atomic E-state index is 11.9. The summed E-state index contributed by atoms with van der Waals surface area (Å²) in [5.74, 6) is -2.25. The maximum Gasteiger partial charge on any atom is 0.338 e. The van der Waals surface area contributed by atoms with E-state index >= 15 is 0 Å². The maximum atomic E-state index is 11.9. The Balaban J connectivity index is 2.01. The number of carboxylic acid groups (broad SMARTS) is 1. The van der Waals surface area contributed by atoms with Gasteiger partial charge in [-0.1, -0.05) is 13.3 Å². The van der Waals surface area contributed by atoms with Crippen molar-refractivity contribution in [1.29, 1.82) is 0 Å². The number of rotatable bonds is 6. The lowest BCUT2D eigenvalue weighted by atomic mass is 10.1. The predicted octanol–water partition coefficient (Wildman–Crippen LogP) is 2.08. The number of unbranched alkanes of at least 4 members (excludes halogenated alkanes) is 1. The van der Waals surface area contributed by atoms with E-state index in [0.29, 0.717) is 17.9 Å². The normalized spacial score (nSPS) is 17.6. The molecule has 1 aromatic carbocycles. The number of carboxylic acids is 1. The quantitative estimate of drug-likeness (QED) is 0.642. The van der Waals surface area contributed by atoms with E-state index in [1.807, 2.05) is 6.92 Å². The van der Waals surface area contributed by atoms with Crippen molar-refractivity contribution in [2.24, 2.45) is 5.92 Å². The van der Waals surface area contributed by atoms with Gasteiger partial charge in [0, 0.05) is 18.7 Å². The smallest absolute Gasteiger partial charge is 0.338 e. The Bertz CT molecular complexity index is 566. The van der Waals surface area contributed by atoms with Crippen LogP contribution in [-0.2, 0) is 14.3 Å². The zero-order valence-electron chi connectivity index (χ0n) is 12.4. The van der Waals surface area contributed by atoms with Gasteiger partial charge in [0.1, 0.15) is 0 Å². The van der Waals surface area contributed by atoms with Gasteiger partial charge in [0.2, 0.25) is 5.91 Å². The van der Waals surface area contributed by atoms with Gasteiger partial charge in [-0.05, 0) is 30.7 Å². The molecular formula is C16H19NO5. The highest BCUT2D eigenvalue weighted by molar-refractivity contribution is 5.99. The molecule has 0 aromatic heterocycles. The summed E-state index contributed by atoms with van der Waals surface area (Å²) < 4.78 is 5.11. The van der Waals surface area contributed by atoms with Gasteiger partial charge in [-0.25, -0.2) is 4.79 Å². The molecule has 0 bridgehead atoms. The fraction of sp³-hybridized carbons (Fsp3) is 0.438. The van der Waals surface area contributed by atoms with E-state index in [1.54, 1.807) is 24.3 Å². The molecule has 0 aliphatic carbocycles. The highest BCUT2D eigenvalue weighted by Crippen LogP contribution is 2.25. The zero-order valence-corrected chi connectivity index (χ0v) is 12.4. The van der Waals surface area contributed by atoms with Crippen molar-refractivity contribution >= 4 is 23.5 Å². The number of anilines is 1. The largest absolute Gasteiger partial charge is 0.481 e. The van der Waals surface area contributed by atoms with Gasteiger partial charge in [-0.3, -0.25) is 9.59 Å². The minimum absolute atomic E-state index is 0.0101. The van der Waals surface area contributed by atoms with Crippen molar-refractivity contribution in [3.05, 3.63) is 29.8 Å². The molecule has 6 nitrogen and oxygen atoms in total. The fourth-order valence-electron chi connectivity index (χ4n) is 2.29. The molecule has 1 unspecified atom stereocenters. The van der Waals surface area contributed by atoms with E-state index in [4.69, 9.17) is 9.84 Å². The molecule has 1 heterocycles. The van der Waals surface area contributed by atoms with E-state index in [-0.39, 0.29) is 18.9 Å². The molecule has 1 atom stereocenters. The van der Waals surface area contributed by atoms with E-state index in [2.05, 4.69) is 0 Å². The molecule has 1 aliphatic rings. The van der Waals surface area contributed by atoms with Crippen LogP contribution in [0, 0.1) is 5.92 Å². The lowest BCUT2D eigenvalue weighted by Gasteiger charge is -2.16. The Morgan fingerprint density at radius 2 is 2.00 bits per heavy atom. The minimum Gasteiger partial charge on any atom is -0.481 e. The summed E-state index contributed by atoms with van der Waals surface area (Å²) >= 11 is 0. The number of esters is 1. The first-order valence-electron chi connectivity index (χ1n) is 7.33. The van der Waals surface area contributed by atoms with Gasteiger partial charge in [0.25, 0.3) is 0 Å². The molecule has 22 heavy (non-hydrogen) atoms. The van der Waals surface area contributed by atoms with Gasteiger partial charge in [0.15, 0.2) is 0 Å². The van der Waals surface area contributed by atoms with Gasteiger partial charge in [-0.15, -0.1) is 0 Å². The Morgan fingerprint density at radius 1 is 1.32 bits per heavy atom. The van der Waals surface area contributed by atoms with Gasteiger partial charge in [0.05, 0.1) is 18.1 Å². The number of nitrogens with zero attached hydrogens (tertiary/aromatic N) is 1. The summed E-state index contributed by atoms with van der Waals surface area (Å²) in [7, 11) is 0. The van der Waals surface area contributed by atoms with E-state index in [0.717, 1.165) is 12.8 Å². The Kier molecular flexibility index (Phi) is 5.14. The topological polar surface area (TPSA) is 83.9 Å². The van der Waals surface area contributed by atoms with Crippen LogP contribution < -0.4 is 4.90 Å². The molecule has 2 rings (SSSR count). The standard InChI is InChI=1S/C16H19NO5/c1-2-3-8-22-16(21)11-4-6-13(7-5-11)17-10-12(15(19)20)9-14(17)18/h4-7,12H,2-3,8-10H2,1H3,(H,19,20). The molecule has 1 amide bonds. The molecule has 1 saturated heterocycles. The summed E-state index contributed by atoms with van der Waals surface area (Å²) in [4.78, 5) is 36.0. The number of carbonyl (C=O) groups is 3. The van der Waals surface area contributed by atoms with Crippen molar-refractivity contribution < 1.29 is 24.2 Å². The van der Waals surface area contributed by atoms with Crippen LogP contribution in [-0.4, -0.2) is 36.1 Å². The first kappa shape index (κ1) is 16.0. The third-order valence-electron chi connectivity index (χ3n) is 3.62. The van der Waals surface area contributed by atoms with Crippen LogP contribution in [0.15, 0.2) is 24.3 Å². The summed E-state index contributed by atoms with van der Waals surface area (Å²) in [5, 5.41) is 8.98. The van der Waals surface area contributed by atoms with E-state index < -0.39 is 17.9 Å². The number of hydrogen-bond donors (Lipinski definition) is 1. The number of hydrogen-bond acceptors (Lipinski definition) is 4. The zero-order chi connectivity index (χ0) is 16.1. The molecule has 6 heteroatoms. The third kappa shape index (κ3) is 3.63. The minimum atomic E-state index is -0.966. The molecule has 1 aliphatic heterocycles. The predicted molar refractivity (Wildman–Crippen MR) is 79.7 cm³/mol. The van der Waals surface area contributed by atoms with Crippen LogP contribution in [0.3, 0.4) is 0 Å².